The standard InChI is InChI=1S/C33H30FN3O4.C26H24FN3O4.4CH4/c1-2-25-15-10-20-40-31-26(16-9-17-27(31)34)29(24-13-7-4-8-14-24)37-22-35(25)33(39)30-32(28(38)18-19-36(30)37)41-21-23-11-5-3-6-12-23;1-2-18-10-7-15-34-25-19(11-6-12-20(25)27)22(17-8-4-3-5-9-17)30-16-28(18)26(33)23-24(32)21(31)13-14-29(23)30;;;;/h3-19,25,29H,2,20-22H2,1H3;3-14,18,22,32H,2,15-16H2,1H3;4*1H4/b15-10+;10-7+;;;;/t25-,29+;18-,22+;;;;/m11..../s1. The number of para-hydroxylation sites is 2. The Labute approximate surface area is 461 Å². The van der Waals surface area contributed by atoms with Gasteiger partial charge in [-0.15, -0.1) is 0 Å². The number of nitrogens with zero attached hydrogens (tertiary/aromatic N) is 6. The summed E-state index contributed by atoms with van der Waals surface area (Å²) in [6.07, 6.45) is 11.6. The summed E-state index contributed by atoms with van der Waals surface area (Å²) in [4.78, 5) is 56.6. The summed E-state index contributed by atoms with van der Waals surface area (Å²) in [7, 11) is 0. The molecule has 0 fully saturated rings. The van der Waals surface area contributed by atoms with E-state index in [1.165, 1.54) is 35.1 Å². The second-order valence-corrected chi connectivity index (χ2v) is 18.3. The Bertz CT molecular complexity index is 3410. The van der Waals surface area contributed by atoms with E-state index in [4.69, 9.17) is 14.2 Å². The van der Waals surface area contributed by atoms with Crippen LogP contribution in [0.5, 0.6) is 23.0 Å². The van der Waals surface area contributed by atoms with Crippen LogP contribution in [0.25, 0.3) is 0 Å². The van der Waals surface area contributed by atoms with Crippen LogP contribution in [-0.4, -0.2) is 74.7 Å². The molecule has 0 unspecified atom stereocenters. The molecule has 16 heteroatoms. The van der Waals surface area contributed by atoms with Crippen molar-refractivity contribution in [1.82, 2.24) is 19.2 Å². The van der Waals surface area contributed by atoms with E-state index in [9.17, 15) is 24.3 Å². The number of aromatic nitrogens is 2. The van der Waals surface area contributed by atoms with Gasteiger partial charge in [-0.2, -0.15) is 0 Å². The van der Waals surface area contributed by atoms with Crippen molar-refractivity contribution in [3.8, 4) is 23.0 Å². The highest BCUT2D eigenvalue weighted by atomic mass is 19.1. The van der Waals surface area contributed by atoms with Gasteiger partial charge in [0.25, 0.3) is 11.8 Å². The van der Waals surface area contributed by atoms with E-state index in [0.717, 1.165) is 16.7 Å². The zero-order valence-corrected chi connectivity index (χ0v) is 41.2. The number of halogens is 2. The number of pyridine rings is 2. The summed E-state index contributed by atoms with van der Waals surface area (Å²) >= 11 is 0. The molecule has 11 rings (SSSR count). The zero-order valence-electron chi connectivity index (χ0n) is 41.2. The van der Waals surface area contributed by atoms with E-state index in [2.05, 4.69) is 0 Å². The molecule has 7 aromatic rings. The van der Waals surface area contributed by atoms with Crippen LogP contribution in [0, 0.1) is 11.6 Å². The maximum Gasteiger partial charge on any atom is 0.278 e. The summed E-state index contributed by atoms with van der Waals surface area (Å²) in [6.45, 7) is 4.67. The quantitative estimate of drug-likeness (QED) is 0.154. The Kier molecular flexibility index (Phi) is 19.5. The van der Waals surface area contributed by atoms with Gasteiger partial charge in [-0.3, -0.25) is 38.5 Å². The lowest BCUT2D eigenvalue weighted by atomic mass is 9.96. The summed E-state index contributed by atoms with van der Waals surface area (Å²) in [5, 5.41) is 14.5. The first-order valence-electron chi connectivity index (χ1n) is 24.9. The maximum atomic E-state index is 15.3. The van der Waals surface area contributed by atoms with E-state index >= 15 is 8.78 Å². The molecular formula is C63H70F2N6O8. The van der Waals surface area contributed by atoms with Gasteiger partial charge >= 0.3 is 0 Å². The number of hydrogen-bond acceptors (Lipinski definition) is 10. The molecule has 0 radical (unpaired) electrons. The smallest absolute Gasteiger partial charge is 0.278 e. The van der Waals surface area contributed by atoms with Crippen molar-refractivity contribution in [3.05, 3.63) is 248 Å². The van der Waals surface area contributed by atoms with Gasteiger partial charge in [0.05, 0.1) is 12.1 Å². The van der Waals surface area contributed by atoms with Crippen LogP contribution in [0.2, 0.25) is 0 Å². The highest BCUT2D eigenvalue weighted by molar-refractivity contribution is 5.97. The molecule has 4 atom stereocenters. The fraction of sp³-hybridized carbons (Fsp3) is 0.270. The lowest BCUT2D eigenvalue weighted by molar-refractivity contribution is 0.0617. The summed E-state index contributed by atoms with van der Waals surface area (Å²) in [6, 6.07) is 39.2. The van der Waals surface area contributed by atoms with Gasteiger partial charge in [0.15, 0.2) is 46.0 Å². The Morgan fingerprint density at radius 1 is 0.544 bits per heavy atom. The van der Waals surface area contributed by atoms with Crippen LogP contribution >= 0.6 is 0 Å². The molecule has 0 saturated heterocycles. The minimum absolute atomic E-state index is 0. The Balaban J connectivity index is 0.000000247. The van der Waals surface area contributed by atoms with E-state index in [1.807, 2.05) is 139 Å². The Morgan fingerprint density at radius 3 is 1.44 bits per heavy atom. The van der Waals surface area contributed by atoms with Gasteiger partial charge in [-0.05, 0) is 53.8 Å². The summed E-state index contributed by atoms with van der Waals surface area (Å²) in [5.41, 5.74) is 2.72. The lowest BCUT2D eigenvalue weighted by Crippen LogP contribution is -2.58. The van der Waals surface area contributed by atoms with Crippen molar-refractivity contribution in [2.45, 2.75) is 87.2 Å². The molecule has 4 bridgehead atoms. The highest BCUT2D eigenvalue weighted by Gasteiger charge is 2.42. The van der Waals surface area contributed by atoms with Crippen LogP contribution < -0.4 is 35.1 Å². The van der Waals surface area contributed by atoms with Gasteiger partial charge in [0, 0.05) is 35.7 Å². The monoisotopic (exact) mass is 1080 g/mol. The molecule has 4 aliphatic heterocycles. The van der Waals surface area contributed by atoms with Crippen molar-refractivity contribution in [2.75, 3.05) is 36.6 Å². The number of carbonyl (C=O) groups excluding carboxylic acids is 2. The van der Waals surface area contributed by atoms with Crippen LogP contribution in [0.1, 0.15) is 117 Å². The van der Waals surface area contributed by atoms with Gasteiger partial charge in [-0.1, -0.05) is 171 Å². The molecular weight excluding hydrogens is 1010 g/mol. The molecule has 2 aromatic heterocycles. The van der Waals surface area contributed by atoms with Gasteiger partial charge in [0.2, 0.25) is 10.9 Å². The number of benzene rings is 5. The van der Waals surface area contributed by atoms with Crippen molar-refractivity contribution < 1.29 is 37.7 Å². The third-order valence-corrected chi connectivity index (χ3v) is 13.8. The van der Waals surface area contributed by atoms with Crippen molar-refractivity contribution in [1.29, 1.82) is 0 Å². The van der Waals surface area contributed by atoms with E-state index in [0.29, 0.717) is 24.0 Å². The van der Waals surface area contributed by atoms with Crippen molar-refractivity contribution in [3.63, 3.8) is 0 Å². The van der Waals surface area contributed by atoms with E-state index < -0.39 is 40.8 Å². The normalized spacial score (nSPS) is 18.7. The Morgan fingerprint density at radius 2 is 0.975 bits per heavy atom. The highest BCUT2D eigenvalue weighted by Crippen LogP contribution is 2.41. The van der Waals surface area contributed by atoms with Gasteiger partial charge in [0.1, 0.15) is 45.2 Å². The largest absolute Gasteiger partial charge is 0.502 e. The Hall–Kier alpha value is -8.92. The molecule has 1 N–H and O–H groups in total. The van der Waals surface area contributed by atoms with Crippen molar-refractivity contribution >= 4 is 11.8 Å². The number of aromatic hydroxyl groups is 1. The topological polar surface area (TPSA) is 139 Å². The molecule has 0 spiro atoms. The minimum Gasteiger partial charge on any atom is -0.502 e. The average Bonchev–Trinajstić information content (AvgIpc) is 3.51. The van der Waals surface area contributed by atoms with E-state index in [1.54, 1.807) is 44.9 Å². The summed E-state index contributed by atoms with van der Waals surface area (Å²) < 4.78 is 51.5. The molecule has 6 heterocycles. The zero-order chi connectivity index (χ0) is 52.2. The third-order valence-electron chi connectivity index (χ3n) is 13.8. The first kappa shape index (κ1) is 59.3. The number of ether oxygens (including phenoxy) is 3. The molecule has 14 nitrogen and oxygen atoms in total. The first-order chi connectivity index (χ1) is 36.6. The molecule has 0 saturated carbocycles. The predicted octanol–water partition coefficient (Wildman–Crippen LogP) is 11.5. The number of carbonyl (C=O) groups is 2. The predicted molar refractivity (Wildman–Crippen MR) is 306 cm³/mol. The SMILES string of the molecule is C.C.C.C.CC[C@@H]1/C=C/COc2c(F)cccc2[C@H](c2ccccc2)N2CN1C(=O)c1c(O)c(=O)ccn12.CC[C@@H]1/C=C/COc2c(F)cccc2[C@H](c2ccccc2)N2CN1C(=O)c1c(OCc3ccccc3)c(=O)ccn12. The lowest BCUT2D eigenvalue weighted by Gasteiger charge is -2.46. The third kappa shape index (κ3) is 11.5. The first-order valence-corrected chi connectivity index (χ1v) is 24.9. The van der Waals surface area contributed by atoms with Gasteiger partial charge < -0.3 is 29.1 Å². The second kappa shape index (κ2) is 25.9. The number of fused-ring (bicyclic) bond motifs is 10. The van der Waals surface area contributed by atoms with Crippen LogP contribution in [0.4, 0.5) is 8.78 Å². The van der Waals surface area contributed by atoms with Crippen LogP contribution in [0.3, 0.4) is 0 Å². The summed E-state index contributed by atoms with van der Waals surface area (Å²) in [5.74, 6) is -2.10. The number of amides is 2. The van der Waals surface area contributed by atoms with Gasteiger partial charge in [-0.25, -0.2) is 8.78 Å². The van der Waals surface area contributed by atoms with Crippen LogP contribution in [-0.2, 0) is 6.61 Å². The number of hydrogen-bond donors (Lipinski definition) is 1. The number of rotatable bonds is 7. The average molecular weight is 1080 g/mol. The van der Waals surface area contributed by atoms with E-state index in [-0.39, 0.29) is 115 Å². The molecule has 0 aliphatic carbocycles. The molecule has 4 aliphatic rings. The van der Waals surface area contributed by atoms with Crippen molar-refractivity contribution in [2.24, 2.45) is 0 Å². The molecule has 79 heavy (non-hydrogen) atoms. The molecule has 414 valence electrons. The molecule has 5 aromatic carbocycles. The second-order valence-electron chi connectivity index (χ2n) is 18.3. The minimum atomic E-state index is -0.639. The van der Waals surface area contributed by atoms with Crippen LogP contribution in [0.15, 0.2) is 186 Å². The maximum absolute atomic E-state index is 15.3. The molecule has 2 amide bonds. The fourth-order valence-corrected chi connectivity index (χ4v) is 10.2. The fourth-order valence-electron chi connectivity index (χ4n) is 10.2.